The Balaban J connectivity index is 2.02. The zero-order valence-corrected chi connectivity index (χ0v) is 16.0. The van der Waals surface area contributed by atoms with Gasteiger partial charge >= 0.3 is 0 Å². The van der Waals surface area contributed by atoms with E-state index in [1.54, 1.807) is 6.07 Å². The summed E-state index contributed by atoms with van der Waals surface area (Å²) in [7, 11) is 0. The summed E-state index contributed by atoms with van der Waals surface area (Å²) in [5.41, 5.74) is 1.71. The van der Waals surface area contributed by atoms with Gasteiger partial charge in [0.05, 0.1) is 19.3 Å². The third kappa shape index (κ3) is 5.93. The summed E-state index contributed by atoms with van der Waals surface area (Å²) >= 11 is 6.14. The van der Waals surface area contributed by atoms with Gasteiger partial charge in [-0.25, -0.2) is 4.99 Å². The second-order valence-corrected chi connectivity index (χ2v) is 6.06. The number of nitrogens with one attached hydrogen (secondary N) is 2. The van der Waals surface area contributed by atoms with Gasteiger partial charge in [0.15, 0.2) is 5.96 Å². The van der Waals surface area contributed by atoms with Gasteiger partial charge in [0, 0.05) is 29.2 Å². The van der Waals surface area contributed by atoms with Gasteiger partial charge in [-0.1, -0.05) is 48.0 Å². The van der Waals surface area contributed by atoms with Gasteiger partial charge in [-0.15, -0.1) is 0 Å². The summed E-state index contributed by atoms with van der Waals surface area (Å²) in [6, 6.07) is 15.1. The maximum atomic E-state index is 10.4. The molecule has 140 valence electrons. The van der Waals surface area contributed by atoms with E-state index in [1.165, 1.54) is 0 Å². The molecule has 0 aliphatic heterocycles. The van der Waals surface area contributed by atoms with Gasteiger partial charge in [-0.2, -0.15) is 0 Å². The molecule has 2 rings (SSSR count). The summed E-state index contributed by atoms with van der Waals surface area (Å²) in [4.78, 5) is 4.59. The summed E-state index contributed by atoms with van der Waals surface area (Å²) in [6.45, 7) is 6.08. The molecule has 26 heavy (non-hydrogen) atoms. The third-order valence-corrected chi connectivity index (χ3v) is 4.10. The largest absolute Gasteiger partial charge is 0.494 e. The minimum absolute atomic E-state index is 0.308. The highest BCUT2D eigenvalue weighted by atomic mass is 35.5. The molecule has 2 aromatic carbocycles. The molecule has 0 saturated heterocycles. The van der Waals surface area contributed by atoms with Crippen molar-refractivity contribution in [3.05, 3.63) is 64.7 Å². The number of ether oxygens (including phenoxy) is 1. The van der Waals surface area contributed by atoms with Crippen molar-refractivity contribution in [2.24, 2.45) is 4.99 Å². The molecule has 0 aromatic heterocycles. The van der Waals surface area contributed by atoms with Gasteiger partial charge in [0.25, 0.3) is 0 Å². The molecular weight excluding hydrogens is 350 g/mol. The van der Waals surface area contributed by atoms with E-state index in [0.29, 0.717) is 36.2 Å². The van der Waals surface area contributed by atoms with Gasteiger partial charge in [0.1, 0.15) is 5.75 Å². The molecule has 3 N–H and O–H groups in total. The van der Waals surface area contributed by atoms with Crippen LogP contribution in [0.2, 0.25) is 5.02 Å². The number of hydrogen-bond donors (Lipinski definition) is 3. The molecule has 5 nitrogen and oxygen atoms in total. The van der Waals surface area contributed by atoms with Crippen LogP contribution in [0.15, 0.2) is 53.5 Å². The van der Waals surface area contributed by atoms with Crippen molar-refractivity contribution in [1.82, 2.24) is 10.6 Å². The van der Waals surface area contributed by atoms with Crippen molar-refractivity contribution in [2.75, 3.05) is 19.7 Å². The smallest absolute Gasteiger partial charge is 0.191 e. The molecule has 0 aliphatic carbocycles. The number of nitrogens with zero attached hydrogens (tertiary/aromatic N) is 1. The third-order valence-electron chi connectivity index (χ3n) is 3.75. The van der Waals surface area contributed by atoms with Crippen molar-refractivity contribution in [1.29, 1.82) is 0 Å². The van der Waals surface area contributed by atoms with Crippen molar-refractivity contribution >= 4 is 17.6 Å². The maximum absolute atomic E-state index is 10.4. The number of aliphatic hydroxyl groups is 1. The first-order valence-corrected chi connectivity index (χ1v) is 9.18. The van der Waals surface area contributed by atoms with Crippen LogP contribution in [0.5, 0.6) is 5.75 Å². The fraction of sp³-hybridized carbons (Fsp3) is 0.350. The Bertz CT molecular complexity index is 722. The molecule has 0 aliphatic rings. The first-order chi connectivity index (χ1) is 12.7. The fourth-order valence-electron chi connectivity index (χ4n) is 2.49. The minimum atomic E-state index is -0.719. The fourth-order valence-corrected chi connectivity index (χ4v) is 2.75. The molecule has 0 saturated carbocycles. The molecule has 0 fully saturated rings. The molecule has 0 spiro atoms. The average molecular weight is 376 g/mol. The molecule has 0 heterocycles. The molecule has 1 atom stereocenters. The van der Waals surface area contributed by atoms with E-state index in [9.17, 15) is 5.11 Å². The lowest BCUT2D eigenvalue weighted by Gasteiger charge is -2.16. The van der Waals surface area contributed by atoms with Crippen LogP contribution in [0.4, 0.5) is 0 Å². The minimum Gasteiger partial charge on any atom is -0.494 e. The van der Waals surface area contributed by atoms with Gasteiger partial charge in [-0.05, 0) is 26.0 Å². The van der Waals surface area contributed by atoms with E-state index in [1.807, 2.05) is 56.3 Å². The van der Waals surface area contributed by atoms with E-state index in [2.05, 4.69) is 15.6 Å². The van der Waals surface area contributed by atoms with E-state index in [-0.39, 0.29) is 0 Å². The maximum Gasteiger partial charge on any atom is 0.191 e. The highest BCUT2D eigenvalue weighted by molar-refractivity contribution is 6.31. The van der Waals surface area contributed by atoms with E-state index in [4.69, 9.17) is 16.3 Å². The zero-order valence-electron chi connectivity index (χ0n) is 15.2. The Hall–Kier alpha value is -2.24. The zero-order chi connectivity index (χ0) is 18.8. The number of guanidine groups is 1. The number of halogens is 1. The monoisotopic (exact) mass is 375 g/mol. The predicted octanol–water partition coefficient (Wildman–Crippen LogP) is 3.53. The van der Waals surface area contributed by atoms with Gasteiger partial charge in [-0.3, -0.25) is 0 Å². The van der Waals surface area contributed by atoms with Crippen molar-refractivity contribution < 1.29 is 9.84 Å². The normalized spacial score (nSPS) is 12.5. The lowest BCUT2D eigenvalue weighted by atomic mass is 10.1. The number of aliphatic imine (C=N–C) groups is 1. The molecule has 0 amide bonds. The van der Waals surface area contributed by atoms with Gasteiger partial charge < -0.3 is 20.5 Å². The Morgan fingerprint density at radius 2 is 1.85 bits per heavy atom. The van der Waals surface area contributed by atoms with Crippen LogP contribution in [0, 0.1) is 0 Å². The van der Waals surface area contributed by atoms with Crippen LogP contribution in [0.25, 0.3) is 0 Å². The predicted molar refractivity (Wildman–Crippen MR) is 107 cm³/mol. The SMILES string of the molecule is CCNC(=NCc1ccccc1OCC)NCC(O)c1ccccc1Cl. The number of para-hydroxylation sites is 1. The Morgan fingerprint density at radius 1 is 1.12 bits per heavy atom. The highest BCUT2D eigenvalue weighted by Crippen LogP contribution is 2.22. The first-order valence-electron chi connectivity index (χ1n) is 8.81. The van der Waals surface area contributed by atoms with Crippen molar-refractivity contribution in [3.63, 3.8) is 0 Å². The summed E-state index contributed by atoms with van der Waals surface area (Å²) < 4.78 is 5.63. The molecule has 6 heteroatoms. The summed E-state index contributed by atoms with van der Waals surface area (Å²) in [5, 5.41) is 17.3. The molecule has 1 unspecified atom stereocenters. The lowest BCUT2D eigenvalue weighted by Crippen LogP contribution is -2.39. The quantitative estimate of drug-likeness (QED) is 0.488. The van der Waals surface area contributed by atoms with Gasteiger partial charge in [0.2, 0.25) is 0 Å². The Labute approximate surface area is 160 Å². The highest BCUT2D eigenvalue weighted by Gasteiger charge is 2.11. The van der Waals surface area contributed by atoms with Crippen LogP contribution in [-0.4, -0.2) is 30.8 Å². The van der Waals surface area contributed by atoms with Crippen LogP contribution in [-0.2, 0) is 6.54 Å². The van der Waals surface area contributed by atoms with Crippen LogP contribution >= 0.6 is 11.6 Å². The van der Waals surface area contributed by atoms with E-state index >= 15 is 0 Å². The molecular formula is C20H26ClN3O2. The van der Waals surface area contributed by atoms with Crippen molar-refractivity contribution in [2.45, 2.75) is 26.5 Å². The number of rotatable bonds is 8. The second-order valence-electron chi connectivity index (χ2n) is 5.65. The summed E-state index contributed by atoms with van der Waals surface area (Å²) in [5.74, 6) is 1.47. The topological polar surface area (TPSA) is 65.9 Å². The average Bonchev–Trinajstić information content (AvgIpc) is 2.65. The molecule has 2 aromatic rings. The number of aliphatic hydroxyl groups excluding tert-OH is 1. The lowest BCUT2D eigenvalue weighted by molar-refractivity contribution is 0.181. The van der Waals surface area contributed by atoms with Crippen molar-refractivity contribution in [3.8, 4) is 5.75 Å². The van der Waals surface area contributed by atoms with Crippen LogP contribution in [0.3, 0.4) is 0 Å². The Morgan fingerprint density at radius 3 is 2.58 bits per heavy atom. The van der Waals surface area contributed by atoms with E-state index < -0.39 is 6.10 Å². The number of hydrogen-bond acceptors (Lipinski definition) is 3. The first kappa shape index (κ1) is 20.1. The number of benzene rings is 2. The van der Waals surface area contributed by atoms with E-state index in [0.717, 1.165) is 17.9 Å². The standard InChI is InChI=1S/C20H26ClN3O2/c1-3-22-20(23-13-15-9-5-8-12-19(15)26-4-2)24-14-18(25)16-10-6-7-11-17(16)21/h5-12,18,25H,3-4,13-14H2,1-2H3,(H2,22,23,24). The Kier molecular flexibility index (Phi) is 8.25. The molecule has 0 radical (unpaired) electrons. The van der Waals surface area contributed by atoms with Crippen LogP contribution in [0.1, 0.15) is 31.1 Å². The summed E-state index contributed by atoms with van der Waals surface area (Å²) in [6.07, 6.45) is -0.719. The molecule has 0 bridgehead atoms. The second kappa shape index (κ2) is 10.7. The van der Waals surface area contributed by atoms with Crippen LogP contribution < -0.4 is 15.4 Å².